The maximum absolute atomic E-state index is 13.0. The fourth-order valence-electron chi connectivity index (χ4n) is 3.84. The van der Waals surface area contributed by atoms with Gasteiger partial charge in [-0.15, -0.1) is 0 Å². The van der Waals surface area contributed by atoms with Crippen LogP contribution in [0, 0.1) is 0 Å². The summed E-state index contributed by atoms with van der Waals surface area (Å²) >= 11 is 0. The van der Waals surface area contributed by atoms with Crippen molar-refractivity contribution >= 4 is 11.6 Å². The van der Waals surface area contributed by atoms with Crippen LogP contribution in [-0.4, -0.2) is 54.8 Å². The molecule has 0 spiro atoms. The van der Waals surface area contributed by atoms with Crippen molar-refractivity contribution in [3.63, 3.8) is 0 Å². The topological polar surface area (TPSA) is 84.5 Å². The molecule has 0 aromatic heterocycles. The van der Waals surface area contributed by atoms with Crippen molar-refractivity contribution < 1.29 is 33.2 Å². The molecule has 0 aliphatic carbocycles. The normalized spacial score (nSPS) is 35.1. The Bertz CT molecular complexity index is 733. The summed E-state index contributed by atoms with van der Waals surface area (Å²) in [7, 11) is 0. The van der Waals surface area contributed by atoms with Gasteiger partial charge in [-0.25, -0.2) is 0 Å². The second-order valence-corrected chi connectivity index (χ2v) is 8.04. The number of fused-ring (bicyclic) bond motifs is 3. The van der Waals surface area contributed by atoms with E-state index in [4.69, 9.17) is 28.4 Å². The highest BCUT2D eigenvalue weighted by atomic mass is 16.9. The minimum Gasteiger partial charge on any atom is -0.494 e. The van der Waals surface area contributed by atoms with Crippen molar-refractivity contribution in [1.82, 2.24) is 0 Å². The van der Waals surface area contributed by atoms with Crippen LogP contribution < -0.4 is 10.1 Å². The Labute approximate surface area is 164 Å². The van der Waals surface area contributed by atoms with Crippen LogP contribution in [0.15, 0.2) is 24.3 Å². The zero-order chi connectivity index (χ0) is 20.1. The fourth-order valence-corrected chi connectivity index (χ4v) is 3.84. The Morgan fingerprint density at radius 3 is 2.25 bits per heavy atom. The van der Waals surface area contributed by atoms with Crippen LogP contribution in [0.2, 0.25) is 0 Å². The molecule has 3 aliphatic heterocycles. The maximum Gasteiger partial charge on any atom is 0.256 e. The number of hydrogen-bond acceptors (Lipinski definition) is 7. The lowest BCUT2D eigenvalue weighted by Gasteiger charge is -2.36. The predicted molar refractivity (Wildman–Crippen MR) is 98.8 cm³/mol. The van der Waals surface area contributed by atoms with Crippen LogP contribution in [0.4, 0.5) is 5.69 Å². The molecule has 0 unspecified atom stereocenters. The Hall–Kier alpha value is -1.71. The maximum atomic E-state index is 13.0. The van der Waals surface area contributed by atoms with Gasteiger partial charge in [-0.2, -0.15) is 0 Å². The number of ether oxygens (including phenoxy) is 6. The van der Waals surface area contributed by atoms with E-state index in [1.807, 2.05) is 20.8 Å². The minimum atomic E-state index is -0.892. The van der Waals surface area contributed by atoms with Crippen molar-refractivity contribution in [2.75, 3.05) is 11.9 Å². The first kappa shape index (κ1) is 19.6. The summed E-state index contributed by atoms with van der Waals surface area (Å²) in [5.74, 6) is -1.25. The summed E-state index contributed by atoms with van der Waals surface area (Å²) in [6.45, 7) is 9.73. The molecule has 8 nitrogen and oxygen atoms in total. The van der Waals surface area contributed by atoms with Crippen LogP contribution in [0.5, 0.6) is 5.75 Å². The van der Waals surface area contributed by atoms with E-state index in [1.54, 1.807) is 38.1 Å². The second kappa shape index (κ2) is 6.96. The van der Waals surface area contributed by atoms with E-state index in [1.165, 1.54) is 0 Å². The average molecular weight is 393 g/mol. The summed E-state index contributed by atoms with van der Waals surface area (Å²) < 4.78 is 35.2. The molecule has 3 fully saturated rings. The van der Waals surface area contributed by atoms with Gasteiger partial charge in [0.1, 0.15) is 24.1 Å². The molecule has 0 radical (unpaired) electrons. The monoisotopic (exact) mass is 393 g/mol. The molecular weight excluding hydrogens is 366 g/mol. The first-order valence-corrected chi connectivity index (χ1v) is 9.58. The lowest BCUT2D eigenvalue weighted by atomic mass is 9.98. The van der Waals surface area contributed by atoms with Crippen LogP contribution in [0.3, 0.4) is 0 Å². The third-order valence-corrected chi connectivity index (χ3v) is 4.85. The first-order valence-electron chi connectivity index (χ1n) is 9.58. The molecule has 3 saturated heterocycles. The first-order chi connectivity index (χ1) is 13.2. The number of benzene rings is 1. The van der Waals surface area contributed by atoms with Crippen molar-refractivity contribution in [1.29, 1.82) is 0 Å². The van der Waals surface area contributed by atoms with Gasteiger partial charge in [0.05, 0.1) is 6.61 Å². The molecule has 3 heterocycles. The van der Waals surface area contributed by atoms with Crippen LogP contribution in [-0.2, 0) is 28.5 Å². The molecule has 0 bridgehead atoms. The number of carbonyl (C=O) groups is 1. The Morgan fingerprint density at radius 1 is 0.964 bits per heavy atom. The lowest BCUT2D eigenvalue weighted by Crippen LogP contribution is -2.58. The smallest absolute Gasteiger partial charge is 0.256 e. The highest BCUT2D eigenvalue weighted by molar-refractivity contribution is 5.94. The highest BCUT2D eigenvalue weighted by Crippen LogP contribution is 2.44. The van der Waals surface area contributed by atoms with E-state index in [0.717, 1.165) is 5.75 Å². The van der Waals surface area contributed by atoms with Crippen LogP contribution >= 0.6 is 0 Å². The molecule has 154 valence electrons. The number of rotatable bonds is 4. The Kier molecular flexibility index (Phi) is 4.87. The third-order valence-electron chi connectivity index (χ3n) is 4.85. The largest absolute Gasteiger partial charge is 0.494 e. The molecular formula is C20H27NO7. The van der Waals surface area contributed by atoms with E-state index in [2.05, 4.69) is 5.32 Å². The lowest BCUT2D eigenvalue weighted by molar-refractivity contribution is -0.229. The SMILES string of the molecule is CCOc1ccc(NC(=O)[C@H]2O[C@H]3OC(C)(C)O[C@@H]3[C@H]3OC(C)(C)O[C@H]32)cc1. The average Bonchev–Trinajstić information content (AvgIpc) is 3.10. The van der Waals surface area contributed by atoms with E-state index in [-0.39, 0.29) is 5.91 Å². The summed E-state index contributed by atoms with van der Waals surface area (Å²) in [5, 5.41) is 2.87. The zero-order valence-corrected chi connectivity index (χ0v) is 16.8. The Morgan fingerprint density at radius 2 is 1.57 bits per heavy atom. The van der Waals surface area contributed by atoms with Gasteiger partial charge in [-0.05, 0) is 58.9 Å². The van der Waals surface area contributed by atoms with Crippen LogP contribution in [0.1, 0.15) is 34.6 Å². The number of amides is 1. The van der Waals surface area contributed by atoms with Gasteiger partial charge < -0.3 is 33.7 Å². The zero-order valence-electron chi connectivity index (χ0n) is 16.8. The van der Waals surface area contributed by atoms with Gasteiger partial charge >= 0.3 is 0 Å². The van der Waals surface area contributed by atoms with Gasteiger partial charge in [0.2, 0.25) is 0 Å². The highest BCUT2D eigenvalue weighted by Gasteiger charge is 2.62. The van der Waals surface area contributed by atoms with E-state index in [9.17, 15) is 4.79 Å². The van der Waals surface area contributed by atoms with E-state index in [0.29, 0.717) is 12.3 Å². The number of nitrogens with one attached hydrogen (secondary N) is 1. The molecule has 3 aliphatic rings. The van der Waals surface area contributed by atoms with E-state index >= 15 is 0 Å². The summed E-state index contributed by atoms with van der Waals surface area (Å²) in [6.07, 6.45) is -3.12. The molecule has 1 aromatic rings. The summed E-state index contributed by atoms with van der Waals surface area (Å²) in [5.41, 5.74) is 0.637. The number of carbonyl (C=O) groups excluding carboxylic acids is 1. The molecule has 1 amide bonds. The molecule has 1 aromatic carbocycles. The minimum absolute atomic E-state index is 0.327. The summed E-state index contributed by atoms with van der Waals surface area (Å²) in [6, 6.07) is 7.16. The molecule has 8 heteroatoms. The Balaban J connectivity index is 1.52. The standard InChI is InChI=1S/C20H27NO7/c1-6-23-12-9-7-11(8-10-12)21-17(22)15-13-14(26-19(2,3)25-13)16-18(24-15)28-20(4,5)27-16/h7-10,13-16,18H,6H2,1-5H3,(H,21,22)/t13-,14+,15+,16-,18+/m1/s1. The van der Waals surface area contributed by atoms with Gasteiger partial charge in [0.15, 0.2) is 24.0 Å². The molecule has 28 heavy (non-hydrogen) atoms. The van der Waals surface area contributed by atoms with Crippen molar-refractivity contribution in [3.8, 4) is 5.75 Å². The molecule has 4 rings (SSSR count). The second-order valence-electron chi connectivity index (χ2n) is 8.04. The molecule has 1 N–H and O–H groups in total. The fraction of sp³-hybridized carbons (Fsp3) is 0.650. The summed E-state index contributed by atoms with van der Waals surface area (Å²) in [4.78, 5) is 13.0. The van der Waals surface area contributed by atoms with Crippen molar-refractivity contribution in [3.05, 3.63) is 24.3 Å². The van der Waals surface area contributed by atoms with Crippen molar-refractivity contribution in [2.45, 2.75) is 76.9 Å². The van der Waals surface area contributed by atoms with Gasteiger partial charge in [0, 0.05) is 5.69 Å². The van der Waals surface area contributed by atoms with Gasteiger partial charge in [0.25, 0.3) is 5.91 Å². The molecule has 0 saturated carbocycles. The quantitative estimate of drug-likeness (QED) is 0.841. The van der Waals surface area contributed by atoms with Gasteiger partial charge in [-0.3, -0.25) is 4.79 Å². The molecule has 5 atom stereocenters. The third kappa shape index (κ3) is 3.75. The number of hydrogen-bond donors (Lipinski definition) is 1. The van der Waals surface area contributed by atoms with Gasteiger partial charge in [-0.1, -0.05) is 0 Å². The van der Waals surface area contributed by atoms with Crippen molar-refractivity contribution in [2.24, 2.45) is 0 Å². The van der Waals surface area contributed by atoms with E-state index < -0.39 is 42.3 Å². The number of anilines is 1. The predicted octanol–water partition coefficient (Wildman–Crippen LogP) is 2.42. The van der Waals surface area contributed by atoms with Crippen LogP contribution in [0.25, 0.3) is 0 Å².